The zero-order valence-electron chi connectivity index (χ0n) is 41.0. The molecule has 5 heterocycles. The van der Waals surface area contributed by atoms with Crippen LogP contribution in [0.2, 0.25) is 0 Å². The fourth-order valence-corrected chi connectivity index (χ4v) is 11.2. The van der Waals surface area contributed by atoms with E-state index < -0.39 is 59.4 Å². The molecular formula is C58H53N7O10. The topological polar surface area (TPSA) is 187 Å². The second-order valence-corrected chi connectivity index (χ2v) is 18.6. The molecule has 6 atom stereocenters. The number of morpholine rings is 2. The number of carbonyl (C=O) groups excluding carboxylic acids is 4. The van der Waals surface area contributed by atoms with Crippen LogP contribution in [0.3, 0.4) is 0 Å². The lowest BCUT2D eigenvalue weighted by atomic mass is 9.65. The van der Waals surface area contributed by atoms with Gasteiger partial charge in [0.2, 0.25) is 11.8 Å². The molecule has 2 N–H and O–H groups in total. The van der Waals surface area contributed by atoms with E-state index in [4.69, 9.17) is 23.7 Å². The number of ether oxygens (including phenoxy) is 5. The number of benzene rings is 6. The van der Waals surface area contributed by atoms with E-state index in [1.807, 2.05) is 102 Å². The minimum atomic E-state index is -2.08. The number of esters is 1. The number of aliphatic hydroxyl groups excluding tert-OH is 1. The van der Waals surface area contributed by atoms with Gasteiger partial charge in [0.15, 0.2) is 0 Å². The number of imide groups is 1. The van der Waals surface area contributed by atoms with Gasteiger partial charge in [0.25, 0.3) is 0 Å². The summed E-state index contributed by atoms with van der Waals surface area (Å²) in [6.45, 7) is 2.42. The molecule has 11 rings (SSSR count). The fourth-order valence-electron chi connectivity index (χ4n) is 11.2. The van der Waals surface area contributed by atoms with Crippen LogP contribution in [0.4, 0.5) is 21.9 Å². The van der Waals surface area contributed by atoms with Crippen LogP contribution >= 0.6 is 0 Å². The van der Waals surface area contributed by atoms with Crippen LogP contribution in [0.5, 0.6) is 5.75 Å². The van der Waals surface area contributed by atoms with Gasteiger partial charge in [-0.1, -0.05) is 102 Å². The fraction of sp³-hybridized carbons (Fsp3) is 0.276. The molecule has 7 aromatic rings. The maximum absolute atomic E-state index is 16.6. The minimum Gasteiger partial charge on any atom is -0.491 e. The summed E-state index contributed by atoms with van der Waals surface area (Å²) in [7, 11) is 1.47. The number of fused-ring (bicyclic) bond motifs is 4. The third kappa shape index (κ3) is 9.01. The Morgan fingerprint density at radius 2 is 1.52 bits per heavy atom. The zero-order valence-corrected chi connectivity index (χ0v) is 41.0. The Bertz CT molecular complexity index is 3280. The molecular weight excluding hydrogens is 955 g/mol. The van der Waals surface area contributed by atoms with Gasteiger partial charge in [-0.05, 0) is 89.0 Å². The van der Waals surface area contributed by atoms with E-state index in [1.54, 1.807) is 59.3 Å². The third-order valence-corrected chi connectivity index (χ3v) is 14.4. The van der Waals surface area contributed by atoms with Gasteiger partial charge < -0.3 is 39.0 Å². The van der Waals surface area contributed by atoms with E-state index in [1.165, 1.54) is 7.11 Å². The first-order chi connectivity index (χ1) is 36.8. The van der Waals surface area contributed by atoms with E-state index in [-0.39, 0.29) is 44.2 Å². The van der Waals surface area contributed by atoms with Gasteiger partial charge in [0.1, 0.15) is 48.6 Å². The molecule has 6 unspecified atom stereocenters. The number of hydrogen-bond acceptors (Lipinski definition) is 14. The van der Waals surface area contributed by atoms with Crippen LogP contribution < -0.4 is 19.9 Å². The molecule has 75 heavy (non-hydrogen) atoms. The van der Waals surface area contributed by atoms with Crippen LogP contribution in [0, 0.1) is 17.8 Å². The summed E-state index contributed by atoms with van der Waals surface area (Å²) >= 11 is 0. The highest BCUT2D eigenvalue weighted by atomic mass is 16.6. The molecule has 4 aliphatic rings. The molecule has 1 spiro atoms. The van der Waals surface area contributed by atoms with Crippen molar-refractivity contribution >= 4 is 52.0 Å². The number of aromatic nitrogens is 3. The number of methoxy groups -OCH3 is 1. The van der Waals surface area contributed by atoms with Gasteiger partial charge >= 0.3 is 12.1 Å². The number of anilines is 3. The highest BCUT2D eigenvalue weighted by molar-refractivity contribution is 6.24. The lowest BCUT2D eigenvalue weighted by Gasteiger charge is -2.46. The van der Waals surface area contributed by atoms with Crippen molar-refractivity contribution in [3.63, 3.8) is 0 Å². The second-order valence-electron chi connectivity index (χ2n) is 18.6. The average molecular weight is 1010 g/mol. The number of rotatable bonds is 13. The van der Waals surface area contributed by atoms with Crippen LogP contribution in [0.15, 0.2) is 152 Å². The molecule has 0 saturated carbocycles. The summed E-state index contributed by atoms with van der Waals surface area (Å²) in [4.78, 5) is 68.0. The van der Waals surface area contributed by atoms with E-state index in [2.05, 4.69) is 32.4 Å². The van der Waals surface area contributed by atoms with Gasteiger partial charge in [0.05, 0.1) is 55.6 Å². The molecule has 1 aromatic heterocycles. The molecule has 3 amide bonds. The Morgan fingerprint density at radius 3 is 2.25 bits per heavy atom. The number of hydrogen-bond donors (Lipinski definition) is 2. The first-order valence-electron chi connectivity index (χ1n) is 24.9. The number of carbonyl (C=O) groups is 4. The van der Waals surface area contributed by atoms with E-state index in [0.717, 1.165) is 21.7 Å². The average Bonchev–Trinajstić information content (AvgIpc) is 4.31. The zero-order chi connectivity index (χ0) is 51.5. The second kappa shape index (κ2) is 21.2. The molecule has 17 heteroatoms. The van der Waals surface area contributed by atoms with E-state index >= 15 is 14.4 Å². The number of para-hydroxylation sites is 1. The minimum absolute atomic E-state index is 0.0280. The normalized spacial score (nSPS) is 22.0. The molecule has 4 aliphatic heterocycles. The highest BCUT2D eigenvalue weighted by Gasteiger charge is 2.76. The number of aliphatic hydroxyl groups is 1. The summed E-state index contributed by atoms with van der Waals surface area (Å²) in [5.74, 6) is 3.14. The predicted molar refractivity (Wildman–Crippen MR) is 277 cm³/mol. The summed E-state index contributed by atoms with van der Waals surface area (Å²) in [6, 6.07) is 42.5. The number of nitrogens with one attached hydrogen (secondary N) is 1. The number of amides is 3. The van der Waals surface area contributed by atoms with Crippen molar-refractivity contribution in [1.82, 2.24) is 19.9 Å². The van der Waals surface area contributed by atoms with Crippen LogP contribution in [-0.2, 0) is 45.3 Å². The Morgan fingerprint density at radius 1 is 0.800 bits per heavy atom. The van der Waals surface area contributed by atoms with Crippen LogP contribution in [0.1, 0.15) is 46.0 Å². The van der Waals surface area contributed by atoms with Gasteiger partial charge in [-0.3, -0.25) is 19.3 Å². The largest absolute Gasteiger partial charge is 0.491 e. The predicted octanol–water partition coefficient (Wildman–Crippen LogP) is 6.78. The first-order valence-corrected chi connectivity index (χ1v) is 24.9. The standard InChI is InChI=1S/C58H53N7O10/c1-71-35-36-74-57(70)64-47-27-18-38(11-10-28-63-48-17-9-8-16-46(48)60-61-63)37-45(47)58(56(64)69)49(54(67)59-42-21-23-43(24-22-42)62-29-32-72-33-30-62)51-55(68)75-52(40-14-6-3-7-15-40)50(39-12-4-2-5-13-39)65(51)53(58)41-19-25-44(26-20-41)73-34-31-66/h2-9,12-27,37,49-53,66H,28-36H2,1H3,(H,59,67). The maximum Gasteiger partial charge on any atom is 0.421 e. The smallest absolute Gasteiger partial charge is 0.421 e. The lowest BCUT2D eigenvalue weighted by molar-refractivity contribution is -0.177. The van der Waals surface area contributed by atoms with Gasteiger partial charge in [-0.15, -0.1) is 5.10 Å². The van der Waals surface area contributed by atoms with Crippen LogP contribution in [0.25, 0.3) is 11.0 Å². The maximum atomic E-state index is 16.6. The van der Waals surface area contributed by atoms with Crippen molar-refractivity contribution in [3.05, 3.63) is 179 Å². The highest BCUT2D eigenvalue weighted by Crippen LogP contribution is 2.66. The quantitative estimate of drug-likeness (QED) is 0.0700. The van der Waals surface area contributed by atoms with Crippen molar-refractivity contribution in [2.75, 3.05) is 75.0 Å². The number of nitrogens with zero attached hydrogens (tertiary/aromatic N) is 6. The van der Waals surface area contributed by atoms with Crippen molar-refractivity contribution in [1.29, 1.82) is 0 Å². The van der Waals surface area contributed by atoms with E-state index in [0.29, 0.717) is 59.9 Å². The molecule has 0 aliphatic carbocycles. The Hall–Kier alpha value is -8.40. The van der Waals surface area contributed by atoms with Gasteiger partial charge in [0, 0.05) is 37.1 Å². The summed E-state index contributed by atoms with van der Waals surface area (Å²) < 4.78 is 30.7. The van der Waals surface area contributed by atoms with Crippen LogP contribution in [-0.4, -0.2) is 115 Å². The molecule has 3 saturated heterocycles. The van der Waals surface area contributed by atoms with Crippen molar-refractivity contribution < 1.29 is 48.0 Å². The Balaban J connectivity index is 1.14. The molecule has 17 nitrogen and oxygen atoms in total. The molecule has 0 radical (unpaired) electrons. The van der Waals surface area contributed by atoms with Crippen molar-refractivity contribution in [2.45, 2.75) is 36.2 Å². The monoisotopic (exact) mass is 1010 g/mol. The van der Waals surface area contributed by atoms with Gasteiger partial charge in [-0.2, -0.15) is 0 Å². The lowest BCUT2D eigenvalue weighted by Crippen LogP contribution is -2.54. The molecule has 0 bridgehead atoms. The summed E-state index contributed by atoms with van der Waals surface area (Å²) in [5.41, 5.74) is 3.62. The first kappa shape index (κ1) is 48.8. The molecule has 380 valence electrons. The van der Waals surface area contributed by atoms with Crippen molar-refractivity contribution in [2.24, 2.45) is 5.92 Å². The van der Waals surface area contributed by atoms with Gasteiger partial charge in [-0.25, -0.2) is 14.4 Å². The van der Waals surface area contributed by atoms with Crippen molar-refractivity contribution in [3.8, 4) is 17.6 Å². The molecule has 3 fully saturated rings. The summed E-state index contributed by atoms with van der Waals surface area (Å²) in [6.07, 6.45) is -1.93. The van der Waals surface area contributed by atoms with E-state index in [9.17, 15) is 9.90 Å². The SMILES string of the molecule is COCCOC(=O)N1C(=O)C2(c3cc(C#CCn4nnc5ccccc54)ccc31)C(C(=O)Nc1ccc(N3CCOCC3)cc1)C1C(=O)OC(c3ccccc3)C(c3ccccc3)N1C2c1ccc(OCCO)cc1. The summed E-state index contributed by atoms with van der Waals surface area (Å²) in [5, 5.41) is 21.4. The molecule has 6 aromatic carbocycles. The third-order valence-electron chi connectivity index (χ3n) is 14.4. The Labute approximate surface area is 432 Å². The number of cyclic esters (lactones) is 1. The Kier molecular flexibility index (Phi) is 13.8.